The van der Waals surface area contributed by atoms with Gasteiger partial charge in [0.05, 0.1) is 11.7 Å². The number of nitrogens with one attached hydrogen (secondary N) is 1. The Kier molecular flexibility index (Phi) is 6.49. The van der Waals surface area contributed by atoms with E-state index in [2.05, 4.69) is 39.8 Å². The van der Waals surface area contributed by atoms with Crippen LogP contribution in [0.3, 0.4) is 0 Å². The van der Waals surface area contributed by atoms with Crippen molar-refractivity contribution >= 4 is 23.3 Å². The third-order valence-electron chi connectivity index (χ3n) is 3.34. The van der Waals surface area contributed by atoms with E-state index in [1.165, 1.54) is 5.56 Å². The molecule has 0 fully saturated rings. The summed E-state index contributed by atoms with van der Waals surface area (Å²) in [7, 11) is 0. The number of amides is 1. The summed E-state index contributed by atoms with van der Waals surface area (Å²) in [6.45, 7) is 1.26. The highest BCUT2D eigenvalue weighted by atomic mass is 32.1. The van der Waals surface area contributed by atoms with Gasteiger partial charge in [-0.15, -0.1) is 0 Å². The van der Waals surface area contributed by atoms with Gasteiger partial charge in [0.25, 0.3) is 5.91 Å². The number of carbonyl (C=O) groups is 1. The number of carbonyl (C=O) groups excluding carboxylic acids is 1. The first-order chi connectivity index (χ1) is 10.8. The van der Waals surface area contributed by atoms with Crippen LogP contribution in [0.25, 0.3) is 0 Å². The van der Waals surface area contributed by atoms with E-state index in [1.54, 1.807) is 0 Å². The Balaban J connectivity index is 1.80. The van der Waals surface area contributed by atoms with E-state index >= 15 is 0 Å². The molecule has 3 nitrogen and oxygen atoms in total. The smallest absolute Gasteiger partial charge is 0.251 e. The largest absolute Gasteiger partial charge is 0.352 e. The van der Waals surface area contributed by atoms with Crippen LogP contribution in [0.1, 0.15) is 21.5 Å². The fraction of sp³-hybridized carbons (Fsp3) is 0.222. The second kappa shape index (κ2) is 8.88. The number of nitrogens with zero attached hydrogens (tertiary/aromatic N) is 1. The number of rotatable bonds is 7. The molecule has 0 aliphatic carbocycles. The van der Waals surface area contributed by atoms with Gasteiger partial charge in [-0.2, -0.15) is 0 Å². The molecule has 2 aromatic rings. The first kappa shape index (κ1) is 16.1. The maximum atomic E-state index is 12.1. The average Bonchev–Trinajstić information content (AvgIpc) is 2.56. The van der Waals surface area contributed by atoms with Gasteiger partial charge in [-0.25, -0.2) is 4.99 Å². The molecule has 0 heterocycles. The molecule has 1 amide bonds. The molecule has 0 radical (unpaired) electrons. The molecule has 0 bridgehead atoms. The number of hydrogen-bond donors (Lipinski definition) is 1. The summed E-state index contributed by atoms with van der Waals surface area (Å²) in [4.78, 5) is 15.9. The lowest BCUT2D eigenvalue weighted by molar-refractivity contribution is 0.0954. The van der Waals surface area contributed by atoms with Crippen LogP contribution in [0, 0.1) is 0 Å². The highest BCUT2D eigenvalue weighted by Gasteiger charge is 2.04. The van der Waals surface area contributed by atoms with E-state index in [0.717, 1.165) is 18.4 Å². The van der Waals surface area contributed by atoms with Gasteiger partial charge >= 0.3 is 0 Å². The van der Waals surface area contributed by atoms with Gasteiger partial charge in [0.1, 0.15) is 0 Å². The lowest BCUT2D eigenvalue weighted by atomic mass is 10.1. The first-order valence-electron chi connectivity index (χ1n) is 7.24. The van der Waals surface area contributed by atoms with Crippen molar-refractivity contribution in [3.63, 3.8) is 0 Å². The van der Waals surface area contributed by atoms with Gasteiger partial charge < -0.3 is 5.32 Å². The molecule has 22 heavy (non-hydrogen) atoms. The van der Waals surface area contributed by atoms with Crippen LogP contribution < -0.4 is 5.32 Å². The van der Waals surface area contributed by atoms with Crippen LogP contribution in [0.2, 0.25) is 0 Å². The number of isothiocyanates is 1. The predicted octanol–water partition coefficient (Wildman–Crippen LogP) is 3.30. The van der Waals surface area contributed by atoms with Crippen molar-refractivity contribution in [2.75, 3.05) is 13.1 Å². The molecule has 0 unspecified atom stereocenters. The zero-order valence-electron chi connectivity index (χ0n) is 12.3. The highest BCUT2D eigenvalue weighted by Crippen LogP contribution is 2.06. The summed E-state index contributed by atoms with van der Waals surface area (Å²) in [5.74, 6) is -0.0422. The van der Waals surface area contributed by atoms with Crippen LogP contribution in [0.4, 0.5) is 0 Å². The fourth-order valence-corrected chi connectivity index (χ4v) is 2.21. The Morgan fingerprint density at radius 1 is 1.00 bits per heavy atom. The van der Waals surface area contributed by atoms with Gasteiger partial charge in [-0.1, -0.05) is 42.5 Å². The van der Waals surface area contributed by atoms with Crippen molar-refractivity contribution in [3.8, 4) is 0 Å². The van der Waals surface area contributed by atoms with Gasteiger partial charge in [-0.05, 0) is 48.3 Å². The minimum atomic E-state index is -0.0422. The number of hydrogen-bond acceptors (Lipinski definition) is 3. The molecule has 4 heteroatoms. The van der Waals surface area contributed by atoms with Crippen LogP contribution in [-0.2, 0) is 12.8 Å². The van der Waals surface area contributed by atoms with Crippen LogP contribution in [0.15, 0.2) is 59.6 Å². The maximum Gasteiger partial charge on any atom is 0.251 e. The first-order valence-corrected chi connectivity index (χ1v) is 7.65. The zero-order chi connectivity index (χ0) is 15.6. The lowest BCUT2D eigenvalue weighted by Gasteiger charge is -2.06. The second-order valence-electron chi connectivity index (χ2n) is 4.91. The highest BCUT2D eigenvalue weighted by molar-refractivity contribution is 7.78. The number of benzene rings is 2. The van der Waals surface area contributed by atoms with Crippen LogP contribution >= 0.6 is 12.2 Å². The predicted molar refractivity (Wildman–Crippen MR) is 92.5 cm³/mol. The molecule has 0 saturated heterocycles. The van der Waals surface area contributed by atoms with Crippen molar-refractivity contribution in [3.05, 3.63) is 71.3 Å². The van der Waals surface area contributed by atoms with Gasteiger partial charge in [-0.3, -0.25) is 4.79 Å². The third kappa shape index (κ3) is 5.24. The van der Waals surface area contributed by atoms with Gasteiger partial charge in [0.2, 0.25) is 0 Å². The summed E-state index contributed by atoms with van der Waals surface area (Å²) >= 11 is 4.53. The molecule has 2 aromatic carbocycles. The van der Waals surface area contributed by atoms with Crippen LogP contribution in [-0.4, -0.2) is 24.2 Å². The molecular weight excluding hydrogens is 292 g/mol. The topological polar surface area (TPSA) is 41.5 Å². The molecule has 112 valence electrons. The minimum absolute atomic E-state index is 0.0422. The summed E-state index contributed by atoms with van der Waals surface area (Å²) < 4.78 is 0. The molecular formula is C18H18N2OS. The van der Waals surface area contributed by atoms with Crippen molar-refractivity contribution in [1.82, 2.24) is 5.32 Å². The molecule has 0 saturated carbocycles. The zero-order valence-corrected chi connectivity index (χ0v) is 13.1. The Morgan fingerprint density at radius 2 is 1.68 bits per heavy atom. The molecule has 0 aromatic heterocycles. The molecule has 0 aliphatic rings. The standard InChI is InChI=1S/C18H18N2OS/c21-18(20-13-11-15-4-2-1-3-5-15)17-8-6-16(7-9-17)10-12-19-14-22/h1-9H,10-13H2,(H,20,21). The Morgan fingerprint density at radius 3 is 2.36 bits per heavy atom. The molecule has 0 spiro atoms. The molecule has 2 rings (SSSR count). The number of thiocarbonyl (C=S) groups is 1. The van der Waals surface area contributed by atoms with Gasteiger partial charge in [0, 0.05) is 12.1 Å². The van der Waals surface area contributed by atoms with E-state index in [9.17, 15) is 4.79 Å². The van der Waals surface area contributed by atoms with E-state index in [-0.39, 0.29) is 5.91 Å². The Bertz CT molecular complexity index is 647. The van der Waals surface area contributed by atoms with Gasteiger partial charge in [0.15, 0.2) is 0 Å². The van der Waals surface area contributed by atoms with E-state index < -0.39 is 0 Å². The van der Waals surface area contributed by atoms with Crippen molar-refractivity contribution in [2.24, 2.45) is 4.99 Å². The van der Waals surface area contributed by atoms with Crippen LogP contribution in [0.5, 0.6) is 0 Å². The van der Waals surface area contributed by atoms with Crippen molar-refractivity contribution < 1.29 is 4.79 Å². The lowest BCUT2D eigenvalue weighted by Crippen LogP contribution is -2.25. The molecule has 1 N–H and O–H groups in total. The quantitative estimate of drug-likeness (QED) is 0.630. The normalized spacial score (nSPS) is 9.82. The summed E-state index contributed by atoms with van der Waals surface area (Å²) in [5, 5.41) is 5.29. The Hall–Kier alpha value is -2.29. The van der Waals surface area contributed by atoms with Crippen molar-refractivity contribution in [1.29, 1.82) is 0 Å². The monoisotopic (exact) mass is 310 g/mol. The maximum absolute atomic E-state index is 12.1. The van der Waals surface area contributed by atoms with E-state index in [4.69, 9.17) is 0 Å². The summed E-state index contributed by atoms with van der Waals surface area (Å²) in [6.07, 6.45) is 1.64. The van der Waals surface area contributed by atoms with E-state index in [1.807, 2.05) is 42.5 Å². The molecule has 0 atom stereocenters. The average molecular weight is 310 g/mol. The number of aliphatic imine (C=N–C) groups is 1. The molecule has 0 aliphatic heterocycles. The second-order valence-corrected chi connectivity index (χ2v) is 5.09. The summed E-state index contributed by atoms with van der Waals surface area (Å²) in [6, 6.07) is 17.7. The SMILES string of the molecule is O=C(NCCc1ccccc1)c1ccc(CCN=C=S)cc1. The fourth-order valence-electron chi connectivity index (χ4n) is 2.12. The van der Waals surface area contributed by atoms with Crippen molar-refractivity contribution in [2.45, 2.75) is 12.8 Å². The summed E-state index contributed by atoms with van der Waals surface area (Å²) in [5.41, 5.74) is 3.03. The Labute approximate surface area is 136 Å². The van der Waals surface area contributed by atoms with E-state index in [0.29, 0.717) is 18.7 Å². The minimum Gasteiger partial charge on any atom is -0.352 e. The third-order valence-corrected chi connectivity index (χ3v) is 3.46.